The minimum absolute atomic E-state index is 0.128. The second-order valence-corrected chi connectivity index (χ2v) is 6.24. The van der Waals surface area contributed by atoms with E-state index in [1.54, 1.807) is 6.20 Å². The van der Waals surface area contributed by atoms with Crippen LogP contribution in [0.5, 0.6) is 0 Å². The van der Waals surface area contributed by atoms with Gasteiger partial charge in [0.2, 0.25) is 0 Å². The normalized spacial score (nSPS) is 19.0. The van der Waals surface area contributed by atoms with E-state index < -0.39 is 0 Å². The third-order valence-corrected chi connectivity index (χ3v) is 4.71. The third-order valence-electron chi connectivity index (χ3n) is 4.36. The zero-order valence-electron chi connectivity index (χ0n) is 13.3. The van der Waals surface area contributed by atoms with E-state index in [1.807, 2.05) is 31.2 Å². The Morgan fingerprint density at radius 1 is 1.39 bits per heavy atom. The summed E-state index contributed by atoms with van der Waals surface area (Å²) in [4.78, 5) is 18.9. The Morgan fingerprint density at radius 2 is 2.26 bits per heavy atom. The number of nitrogens with zero attached hydrogens (tertiary/aromatic N) is 2. The largest absolute Gasteiger partial charge is 0.465 e. The average molecular weight is 333 g/mol. The summed E-state index contributed by atoms with van der Waals surface area (Å²) in [6.07, 6.45) is 4.77. The van der Waals surface area contributed by atoms with Crippen LogP contribution in [0.4, 0.5) is 0 Å². The molecule has 0 amide bonds. The predicted octanol–water partition coefficient (Wildman–Crippen LogP) is 3.81. The molecule has 0 spiro atoms. The Balaban J connectivity index is 1.90. The Hall–Kier alpha value is -1.65. The number of hydrogen-bond acceptors (Lipinski definition) is 4. The van der Waals surface area contributed by atoms with E-state index in [9.17, 15) is 4.79 Å². The number of pyridine rings is 1. The van der Waals surface area contributed by atoms with E-state index in [0.717, 1.165) is 42.3 Å². The first-order valence-electron chi connectivity index (χ1n) is 8.13. The van der Waals surface area contributed by atoms with Crippen LogP contribution in [0.25, 0.3) is 10.9 Å². The van der Waals surface area contributed by atoms with Gasteiger partial charge in [-0.3, -0.25) is 14.7 Å². The number of rotatable bonds is 4. The van der Waals surface area contributed by atoms with Crippen molar-refractivity contribution in [2.24, 2.45) is 0 Å². The van der Waals surface area contributed by atoms with Crippen LogP contribution in [0, 0.1) is 0 Å². The molecule has 0 radical (unpaired) electrons. The maximum absolute atomic E-state index is 12.2. The van der Waals surface area contributed by atoms with Gasteiger partial charge in [-0.1, -0.05) is 30.2 Å². The molecule has 23 heavy (non-hydrogen) atoms. The molecule has 5 heteroatoms. The smallest absolute Gasteiger partial charge is 0.323 e. The number of piperidine rings is 1. The molecule has 1 aromatic heterocycles. The third kappa shape index (κ3) is 3.48. The van der Waals surface area contributed by atoms with Crippen LogP contribution in [0.2, 0.25) is 5.02 Å². The Labute approximate surface area is 141 Å². The first-order chi connectivity index (χ1) is 11.2. The highest BCUT2D eigenvalue weighted by molar-refractivity contribution is 6.32. The van der Waals surface area contributed by atoms with Crippen LogP contribution < -0.4 is 0 Å². The summed E-state index contributed by atoms with van der Waals surface area (Å²) in [7, 11) is 0. The molecule has 1 aliphatic heterocycles. The second-order valence-electron chi connectivity index (χ2n) is 5.84. The Kier molecular flexibility index (Phi) is 5.13. The summed E-state index contributed by atoms with van der Waals surface area (Å²) in [5.41, 5.74) is 1.90. The lowest BCUT2D eigenvalue weighted by Crippen LogP contribution is -2.45. The van der Waals surface area contributed by atoms with Crippen molar-refractivity contribution in [2.45, 2.75) is 38.8 Å². The molecule has 122 valence electrons. The fraction of sp³-hybridized carbons (Fsp3) is 0.444. The van der Waals surface area contributed by atoms with E-state index in [-0.39, 0.29) is 12.0 Å². The molecule has 1 atom stereocenters. The lowest BCUT2D eigenvalue weighted by atomic mass is 10.0. The number of esters is 1. The maximum atomic E-state index is 12.2. The fourth-order valence-corrected chi connectivity index (χ4v) is 3.43. The Bertz CT molecular complexity index is 704. The van der Waals surface area contributed by atoms with Crippen LogP contribution in [-0.2, 0) is 16.1 Å². The topological polar surface area (TPSA) is 42.4 Å². The van der Waals surface area contributed by atoms with Crippen molar-refractivity contribution in [3.05, 3.63) is 41.0 Å². The summed E-state index contributed by atoms with van der Waals surface area (Å²) in [5.74, 6) is -0.128. The molecule has 0 saturated carbocycles. The number of fused-ring (bicyclic) bond motifs is 1. The first kappa shape index (κ1) is 16.2. The number of halogens is 1. The van der Waals surface area contributed by atoms with Gasteiger partial charge in [-0.15, -0.1) is 0 Å². The van der Waals surface area contributed by atoms with Crippen molar-refractivity contribution in [1.82, 2.24) is 9.88 Å². The van der Waals surface area contributed by atoms with Crippen LogP contribution in [0.15, 0.2) is 30.5 Å². The molecule has 1 unspecified atom stereocenters. The van der Waals surface area contributed by atoms with Crippen LogP contribution >= 0.6 is 11.6 Å². The molecule has 2 aromatic rings. The van der Waals surface area contributed by atoms with Gasteiger partial charge in [0.15, 0.2) is 0 Å². The van der Waals surface area contributed by atoms with E-state index in [2.05, 4.69) is 9.88 Å². The highest BCUT2D eigenvalue weighted by Gasteiger charge is 2.30. The zero-order chi connectivity index (χ0) is 16.2. The number of likely N-dealkylation sites (tertiary alicyclic amines) is 1. The number of ether oxygens (including phenoxy) is 1. The predicted molar refractivity (Wildman–Crippen MR) is 91.4 cm³/mol. The van der Waals surface area contributed by atoms with Gasteiger partial charge < -0.3 is 4.74 Å². The van der Waals surface area contributed by atoms with Crippen molar-refractivity contribution in [1.29, 1.82) is 0 Å². The zero-order valence-corrected chi connectivity index (χ0v) is 14.1. The Morgan fingerprint density at radius 3 is 3.09 bits per heavy atom. The molecule has 0 bridgehead atoms. The average Bonchev–Trinajstić information content (AvgIpc) is 2.58. The molecule has 1 aliphatic rings. The molecule has 0 aliphatic carbocycles. The first-order valence-corrected chi connectivity index (χ1v) is 8.51. The lowest BCUT2D eigenvalue weighted by Gasteiger charge is -2.34. The summed E-state index contributed by atoms with van der Waals surface area (Å²) >= 11 is 6.43. The van der Waals surface area contributed by atoms with Gasteiger partial charge in [0.1, 0.15) is 6.04 Å². The summed E-state index contributed by atoms with van der Waals surface area (Å²) in [6.45, 7) is 3.76. The molecule has 1 fully saturated rings. The van der Waals surface area contributed by atoms with E-state index in [1.165, 1.54) is 0 Å². The van der Waals surface area contributed by atoms with Crippen molar-refractivity contribution < 1.29 is 9.53 Å². The summed E-state index contributed by atoms with van der Waals surface area (Å²) < 4.78 is 5.24. The molecular weight excluding hydrogens is 312 g/mol. The molecule has 0 N–H and O–H groups in total. The quantitative estimate of drug-likeness (QED) is 0.798. The van der Waals surface area contributed by atoms with Crippen LogP contribution in [0.1, 0.15) is 31.7 Å². The number of aromatic nitrogens is 1. The van der Waals surface area contributed by atoms with Crippen LogP contribution in [-0.4, -0.2) is 35.0 Å². The molecule has 2 heterocycles. The molecule has 4 nitrogen and oxygen atoms in total. The van der Waals surface area contributed by atoms with E-state index >= 15 is 0 Å². The highest BCUT2D eigenvalue weighted by atomic mass is 35.5. The lowest BCUT2D eigenvalue weighted by molar-refractivity contribution is -0.151. The van der Waals surface area contributed by atoms with Gasteiger partial charge in [-0.25, -0.2) is 0 Å². The standard InChI is InChI=1S/C18H21ClN2O2/c1-2-23-18(22)16-7-3-4-11-21(16)12-14-15(19)9-8-13-6-5-10-20-17(13)14/h5-6,8-10,16H,2-4,7,11-12H2,1H3. The van der Waals surface area contributed by atoms with Crippen molar-refractivity contribution in [2.75, 3.05) is 13.2 Å². The van der Waals surface area contributed by atoms with Gasteiger partial charge >= 0.3 is 5.97 Å². The molecule has 3 rings (SSSR count). The second kappa shape index (κ2) is 7.28. The highest BCUT2D eigenvalue weighted by Crippen LogP contribution is 2.28. The molecule has 1 saturated heterocycles. The number of hydrogen-bond donors (Lipinski definition) is 0. The molecular formula is C18H21ClN2O2. The minimum Gasteiger partial charge on any atom is -0.465 e. The van der Waals surface area contributed by atoms with Crippen molar-refractivity contribution in [3.8, 4) is 0 Å². The summed E-state index contributed by atoms with van der Waals surface area (Å²) in [5, 5.41) is 1.76. The van der Waals surface area contributed by atoms with Gasteiger partial charge in [-0.2, -0.15) is 0 Å². The summed E-state index contributed by atoms with van der Waals surface area (Å²) in [6, 6.07) is 7.65. The fourth-order valence-electron chi connectivity index (χ4n) is 3.22. The van der Waals surface area contributed by atoms with Gasteiger partial charge in [0.25, 0.3) is 0 Å². The number of carbonyl (C=O) groups excluding carboxylic acids is 1. The van der Waals surface area contributed by atoms with Crippen LogP contribution in [0.3, 0.4) is 0 Å². The molecule has 1 aromatic carbocycles. The number of carbonyl (C=O) groups is 1. The SMILES string of the molecule is CCOC(=O)C1CCCCN1Cc1c(Cl)ccc2cccnc12. The van der Waals surface area contributed by atoms with Gasteiger partial charge in [-0.05, 0) is 38.4 Å². The monoisotopic (exact) mass is 332 g/mol. The maximum Gasteiger partial charge on any atom is 0.323 e. The van der Waals surface area contributed by atoms with E-state index in [0.29, 0.717) is 18.2 Å². The number of benzene rings is 1. The van der Waals surface area contributed by atoms with E-state index in [4.69, 9.17) is 16.3 Å². The van der Waals surface area contributed by atoms with Gasteiger partial charge in [0.05, 0.1) is 12.1 Å². The van der Waals surface area contributed by atoms with Gasteiger partial charge in [0, 0.05) is 28.7 Å². The van der Waals surface area contributed by atoms with Crippen molar-refractivity contribution >= 4 is 28.5 Å². The van der Waals surface area contributed by atoms with Crippen molar-refractivity contribution in [3.63, 3.8) is 0 Å². The minimum atomic E-state index is -0.182.